The first-order chi connectivity index (χ1) is 8.52. The first-order valence-corrected chi connectivity index (χ1v) is 7.16. The van der Waals surface area contributed by atoms with Gasteiger partial charge in [-0.1, -0.05) is 26.7 Å². The number of hydrogen-bond donors (Lipinski definition) is 2. The standard InChI is InChI=1S/C14H25NO3/c1-10(2)12(13(16)17)15-9-11-5-8-14(18-11)6-3-4-7-14/h10-12,15H,3-9H2,1-2H3,(H,16,17). The molecule has 4 heteroatoms. The van der Waals surface area contributed by atoms with Crippen molar-refractivity contribution < 1.29 is 14.6 Å². The van der Waals surface area contributed by atoms with Gasteiger partial charge in [0, 0.05) is 6.54 Å². The molecule has 1 saturated carbocycles. The van der Waals surface area contributed by atoms with Crippen molar-refractivity contribution in [2.75, 3.05) is 6.54 Å². The Morgan fingerprint density at radius 2 is 2.06 bits per heavy atom. The fraction of sp³-hybridized carbons (Fsp3) is 0.929. The molecule has 1 aliphatic heterocycles. The second kappa shape index (κ2) is 5.57. The number of nitrogens with one attached hydrogen (secondary N) is 1. The quantitative estimate of drug-likeness (QED) is 0.790. The molecule has 1 heterocycles. The van der Waals surface area contributed by atoms with Crippen molar-refractivity contribution in [3.05, 3.63) is 0 Å². The average Bonchev–Trinajstić information content (AvgIpc) is 2.89. The van der Waals surface area contributed by atoms with E-state index >= 15 is 0 Å². The lowest BCUT2D eigenvalue weighted by atomic mass is 9.98. The van der Waals surface area contributed by atoms with Crippen molar-refractivity contribution in [2.45, 2.75) is 70.1 Å². The molecule has 18 heavy (non-hydrogen) atoms. The first-order valence-electron chi connectivity index (χ1n) is 7.16. The van der Waals surface area contributed by atoms with E-state index in [1.807, 2.05) is 13.8 Å². The molecule has 0 aromatic carbocycles. The van der Waals surface area contributed by atoms with Gasteiger partial charge >= 0.3 is 5.97 Å². The number of rotatable bonds is 5. The monoisotopic (exact) mass is 255 g/mol. The molecule has 0 radical (unpaired) electrons. The second-order valence-electron chi connectivity index (χ2n) is 6.14. The molecule has 1 spiro atoms. The van der Waals surface area contributed by atoms with Crippen LogP contribution in [0.2, 0.25) is 0 Å². The van der Waals surface area contributed by atoms with Crippen LogP contribution in [-0.4, -0.2) is 35.4 Å². The molecule has 104 valence electrons. The fourth-order valence-electron chi connectivity index (χ4n) is 3.29. The van der Waals surface area contributed by atoms with Gasteiger partial charge in [0.25, 0.3) is 0 Å². The summed E-state index contributed by atoms with van der Waals surface area (Å²) in [5, 5.41) is 12.3. The van der Waals surface area contributed by atoms with Crippen LogP contribution in [0.1, 0.15) is 52.4 Å². The van der Waals surface area contributed by atoms with E-state index in [0.717, 1.165) is 12.8 Å². The number of carboxylic acid groups (broad SMARTS) is 1. The van der Waals surface area contributed by atoms with E-state index in [0.29, 0.717) is 6.54 Å². The Morgan fingerprint density at radius 1 is 1.39 bits per heavy atom. The number of carbonyl (C=O) groups is 1. The summed E-state index contributed by atoms with van der Waals surface area (Å²) in [5.41, 5.74) is 0.142. The number of aliphatic carboxylic acids is 1. The minimum Gasteiger partial charge on any atom is -0.480 e. The van der Waals surface area contributed by atoms with Crippen molar-refractivity contribution in [3.8, 4) is 0 Å². The van der Waals surface area contributed by atoms with Crippen LogP contribution in [0.5, 0.6) is 0 Å². The summed E-state index contributed by atoms with van der Waals surface area (Å²) in [6.45, 7) is 4.52. The van der Waals surface area contributed by atoms with Crippen molar-refractivity contribution in [1.82, 2.24) is 5.32 Å². The molecule has 2 N–H and O–H groups in total. The largest absolute Gasteiger partial charge is 0.480 e. The maximum atomic E-state index is 11.1. The first kappa shape index (κ1) is 13.8. The molecule has 1 saturated heterocycles. The number of hydrogen-bond acceptors (Lipinski definition) is 3. The Kier molecular flexibility index (Phi) is 4.28. The molecule has 2 atom stereocenters. The zero-order valence-electron chi connectivity index (χ0n) is 11.4. The molecule has 2 unspecified atom stereocenters. The SMILES string of the molecule is CC(C)C(NCC1CCC2(CCCC2)O1)C(=O)O. The van der Waals surface area contributed by atoms with Gasteiger partial charge in [-0.25, -0.2) is 0 Å². The molecule has 2 fully saturated rings. The van der Waals surface area contributed by atoms with Gasteiger partial charge in [0.1, 0.15) is 6.04 Å². The van der Waals surface area contributed by atoms with Gasteiger partial charge in [-0.15, -0.1) is 0 Å². The van der Waals surface area contributed by atoms with Crippen LogP contribution in [0.25, 0.3) is 0 Å². The summed E-state index contributed by atoms with van der Waals surface area (Å²) >= 11 is 0. The summed E-state index contributed by atoms with van der Waals surface area (Å²) in [6, 6.07) is -0.464. The Balaban J connectivity index is 1.79. The van der Waals surface area contributed by atoms with Crippen molar-refractivity contribution in [1.29, 1.82) is 0 Å². The molecule has 4 nitrogen and oxygen atoms in total. The second-order valence-corrected chi connectivity index (χ2v) is 6.14. The molecule has 0 aromatic heterocycles. The number of carboxylic acids is 1. The van der Waals surface area contributed by atoms with Gasteiger partial charge in [-0.05, 0) is 31.6 Å². The predicted molar refractivity (Wildman–Crippen MR) is 69.6 cm³/mol. The molecular formula is C14H25NO3. The lowest BCUT2D eigenvalue weighted by Gasteiger charge is -2.25. The third-order valence-corrected chi connectivity index (χ3v) is 4.35. The van der Waals surface area contributed by atoms with Crippen LogP contribution >= 0.6 is 0 Å². The minimum atomic E-state index is -0.765. The summed E-state index contributed by atoms with van der Waals surface area (Å²) in [4.78, 5) is 11.1. The Hall–Kier alpha value is -0.610. The molecule has 1 aliphatic carbocycles. The van der Waals surface area contributed by atoms with E-state index in [1.54, 1.807) is 0 Å². The smallest absolute Gasteiger partial charge is 0.320 e. The van der Waals surface area contributed by atoms with E-state index < -0.39 is 12.0 Å². The van der Waals surface area contributed by atoms with Gasteiger partial charge in [0.15, 0.2) is 0 Å². The van der Waals surface area contributed by atoms with Gasteiger partial charge in [-0.2, -0.15) is 0 Å². The molecule has 0 bridgehead atoms. The predicted octanol–water partition coefficient (Wildman–Crippen LogP) is 2.18. The van der Waals surface area contributed by atoms with E-state index in [4.69, 9.17) is 9.84 Å². The van der Waals surface area contributed by atoms with Crippen LogP contribution in [0.15, 0.2) is 0 Å². The highest BCUT2D eigenvalue weighted by Crippen LogP contribution is 2.43. The summed E-state index contributed by atoms with van der Waals surface area (Å²) in [7, 11) is 0. The normalized spacial score (nSPS) is 28.1. The maximum absolute atomic E-state index is 11.1. The van der Waals surface area contributed by atoms with Gasteiger partial charge in [0.2, 0.25) is 0 Å². The maximum Gasteiger partial charge on any atom is 0.320 e. The zero-order chi connectivity index (χ0) is 13.2. The summed E-state index contributed by atoms with van der Waals surface area (Å²) < 4.78 is 6.16. The lowest BCUT2D eigenvalue weighted by molar-refractivity contribution is -0.140. The Labute approximate surface area is 109 Å². The van der Waals surface area contributed by atoms with Crippen molar-refractivity contribution in [3.63, 3.8) is 0 Å². The van der Waals surface area contributed by atoms with E-state index in [2.05, 4.69) is 5.32 Å². The number of ether oxygens (including phenoxy) is 1. The van der Waals surface area contributed by atoms with Crippen LogP contribution < -0.4 is 5.32 Å². The van der Waals surface area contributed by atoms with Crippen LogP contribution in [0, 0.1) is 5.92 Å². The fourth-order valence-corrected chi connectivity index (χ4v) is 3.29. The molecule has 0 amide bonds. The third-order valence-electron chi connectivity index (χ3n) is 4.35. The topological polar surface area (TPSA) is 58.6 Å². The Bertz CT molecular complexity index is 297. The van der Waals surface area contributed by atoms with E-state index in [-0.39, 0.29) is 17.6 Å². The van der Waals surface area contributed by atoms with Crippen LogP contribution in [0.4, 0.5) is 0 Å². The highest BCUT2D eigenvalue weighted by molar-refractivity contribution is 5.73. The highest BCUT2D eigenvalue weighted by atomic mass is 16.5. The molecule has 2 aliphatic rings. The summed E-state index contributed by atoms with van der Waals surface area (Å²) in [5.74, 6) is -0.664. The average molecular weight is 255 g/mol. The molecule has 0 aromatic rings. The van der Waals surface area contributed by atoms with Crippen molar-refractivity contribution in [2.24, 2.45) is 5.92 Å². The van der Waals surface area contributed by atoms with Gasteiger partial charge in [0.05, 0.1) is 11.7 Å². The highest BCUT2D eigenvalue weighted by Gasteiger charge is 2.42. The summed E-state index contributed by atoms with van der Waals surface area (Å²) in [6.07, 6.45) is 7.36. The molecule has 2 rings (SSSR count). The van der Waals surface area contributed by atoms with Crippen molar-refractivity contribution >= 4 is 5.97 Å². The molecular weight excluding hydrogens is 230 g/mol. The van der Waals surface area contributed by atoms with E-state index in [1.165, 1.54) is 25.7 Å². The van der Waals surface area contributed by atoms with Crippen LogP contribution in [-0.2, 0) is 9.53 Å². The third kappa shape index (κ3) is 3.04. The Morgan fingerprint density at radius 3 is 2.61 bits per heavy atom. The lowest BCUT2D eigenvalue weighted by Crippen LogP contribution is -2.44. The minimum absolute atomic E-state index is 0.101. The zero-order valence-corrected chi connectivity index (χ0v) is 11.4. The van der Waals surface area contributed by atoms with Gasteiger partial charge < -0.3 is 15.2 Å². The van der Waals surface area contributed by atoms with Gasteiger partial charge in [-0.3, -0.25) is 4.79 Å². The van der Waals surface area contributed by atoms with E-state index in [9.17, 15) is 4.79 Å². The van der Waals surface area contributed by atoms with Crippen LogP contribution in [0.3, 0.4) is 0 Å².